The van der Waals surface area contributed by atoms with Crippen molar-refractivity contribution in [3.63, 3.8) is 0 Å². The number of carbonyl (C=O) groups is 1. The van der Waals surface area contributed by atoms with Crippen LogP contribution in [0.4, 0.5) is 0 Å². The number of likely N-dealkylation sites (tertiary alicyclic amines) is 1. The second-order valence-electron chi connectivity index (χ2n) is 6.16. The Bertz CT molecular complexity index is 286. The van der Waals surface area contributed by atoms with Crippen molar-refractivity contribution in [2.45, 2.75) is 64.1 Å². The van der Waals surface area contributed by atoms with Gasteiger partial charge in [-0.25, -0.2) is 0 Å². The van der Waals surface area contributed by atoms with Gasteiger partial charge in [0.1, 0.15) is 0 Å². The molecule has 2 N–H and O–H groups in total. The van der Waals surface area contributed by atoms with E-state index in [1.165, 1.54) is 25.7 Å². The molecule has 0 aromatic heterocycles. The van der Waals surface area contributed by atoms with E-state index in [1.54, 1.807) is 0 Å². The normalized spacial score (nSPS) is 31.1. The van der Waals surface area contributed by atoms with E-state index in [0.29, 0.717) is 24.7 Å². The second-order valence-corrected chi connectivity index (χ2v) is 6.16. The summed E-state index contributed by atoms with van der Waals surface area (Å²) < 4.78 is 0. The summed E-state index contributed by atoms with van der Waals surface area (Å²) in [5.74, 6) is -0.848. The maximum absolute atomic E-state index is 11.3. The molecule has 0 aromatic rings. The summed E-state index contributed by atoms with van der Waals surface area (Å²) in [6.07, 6.45) is 5.95. The van der Waals surface area contributed by atoms with Gasteiger partial charge in [0.2, 0.25) is 0 Å². The van der Waals surface area contributed by atoms with E-state index in [-0.39, 0.29) is 5.92 Å². The van der Waals surface area contributed by atoms with Gasteiger partial charge in [-0.3, -0.25) is 9.69 Å². The molecule has 1 aliphatic heterocycles. The Morgan fingerprint density at radius 3 is 2.44 bits per heavy atom. The predicted octanol–water partition coefficient (Wildman–Crippen LogP) is 1.70. The Kier molecular flexibility index (Phi) is 4.62. The van der Waals surface area contributed by atoms with Crippen molar-refractivity contribution in [2.75, 3.05) is 13.1 Å². The third kappa shape index (κ3) is 3.45. The molecule has 1 saturated carbocycles. The molecule has 2 atom stereocenters. The fourth-order valence-electron chi connectivity index (χ4n) is 3.28. The third-order valence-electron chi connectivity index (χ3n) is 4.38. The van der Waals surface area contributed by atoms with Crippen LogP contribution in [0.3, 0.4) is 0 Å². The van der Waals surface area contributed by atoms with Crippen LogP contribution in [0.2, 0.25) is 0 Å². The third-order valence-corrected chi connectivity index (χ3v) is 4.38. The van der Waals surface area contributed by atoms with Gasteiger partial charge in [0.25, 0.3) is 0 Å². The minimum absolute atomic E-state index is 0.208. The first kappa shape index (κ1) is 13.8. The van der Waals surface area contributed by atoms with Gasteiger partial charge in [-0.15, -0.1) is 0 Å². The van der Waals surface area contributed by atoms with Crippen molar-refractivity contribution in [3.05, 3.63) is 0 Å². The molecule has 0 spiro atoms. The largest absolute Gasteiger partial charge is 0.481 e. The summed E-state index contributed by atoms with van der Waals surface area (Å²) in [6.45, 7) is 6.00. The van der Waals surface area contributed by atoms with Gasteiger partial charge in [0, 0.05) is 31.2 Å². The van der Waals surface area contributed by atoms with Crippen LogP contribution in [0.1, 0.15) is 46.0 Å². The van der Waals surface area contributed by atoms with E-state index < -0.39 is 5.97 Å². The molecule has 2 aliphatic rings. The molecule has 0 radical (unpaired) electrons. The number of hydrogen-bond acceptors (Lipinski definition) is 3. The summed E-state index contributed by atoms with van der Waals surface area (Å²) in [4.78, 5) is 13.6. The van der Waals surface area contributed by atoms with Crippen molar-refractivity contribution in [2.24, 2.45) is 5.92 Å². The zero-order chi connectivity index (χ0) is 13.1. The van der Waals surface area contributed by atoms with Crippen molar-refractivity contribution in [3.8, 4) is 0 Å². The van der Waals surface area contributed by atoms with E-state index >= 15 is 0 Å². The van der Waals surface area contributed by atoms with Crippen LogP contribution < -0.4 is 5.32 Å². The Balaban J connectivity index is 1.93. The summed E-state index contributed by atoms with van der Waals surface area (Å²) in [7, 11) is 0. The molecule has 1 saturated heterocycles. The molecule has 104 valence electrons. The number of rotatable bonds is 4. The molecule has 2 unspecified atom stereocenters. The van der Waals surface area contributed by atoms with Crippen LogP contribution in [0.15, 0.2) is 0 Å². The van der Waals surface area contributed by atoms with E-state index in [4.69, 9.17) is 0 Å². The molecule has 4 heteroatoms. The minimum Gasteiger partial charge on any atom is -0.481 e. The standard InChI is InChI=1S/C14H26N2O2/c1-10(2)16-8-11(14(17)18)7-13(9-16)15-12-5-3-4-6-12/h10-13,15H,3-9H2,1-2H3,(H,17,18). The van der Waals surface area contributed by atoms with Crippen LogP contribution in [-0.4, -0.2) is 47.2 Å². The van der Waals surface area contributed by atoms with Gasteiger partial charge >= 0.3 is 5.97 Å². The maximum atomic E-state index is 11.3. The second kappa shape index (κ2) is 6.02. The van der Waals surface area contributed by atoms with Crippen LogP contribution in [0, 0.1) is 5.92 Å². The van der Waals surface area contributed by atoms with Gasteiger partial charge in [0.15, 0.2) is 0 Å². The van der Waals surface area contributed by atoms with Crippen molar-refractivity contribution >= 4 is 5.97 Å². The monoisotopic (exact) mass is 254 g/mol. The van der Waals surface area contributed by atoms with Crippen molar-refractivity contribution in [1.82, 2.24) is 10.2 Å². The zero-order valence-corrected chi connectivity index (χ0v) is 11.6. The van der Waals surface area contributed by atoms with E-state index in [2.05, 4.69) is 24.1 Å². The van der Waals surface area contributed by atoms with Crippen molar-refractivity contribution in [1.29, 1.82) is 0 Å². The molecule has 18 heavy (non-hydrogen) atoms. The van der Waals surface area contributed by atoms with Crippen molar-refractivity contribution < 1.29 is 9.90 Å². The number of carboxylic acid groups (broad SMARTS) is 1. The number of aliphatic carboxylic acids is 1. The molecular formula is C14H26N2O2. The van der Waals surface area contributed by atoms with Crippen LogP contribution in [-0.2, 0) is 4.79 Å². The highest BCUT2D eigenvalue weighted by molar-refractivity contribution is 5.70. The topological polar surface area (TPSA) is 52.6 Å². The van der Waals surface area contributed by atoms with Crippen LogP contribution in [0.25, 0.3) is 0 Å². The Morgan fingerprint density at radius 1 is 1.22 bits per heavy atom. The number of piperidine rings is 1. The SMILES string of the molecule is CC(C)N1CC(NC2CCCC2)CC(C(=O)O)C1. The summed E-state index contributed by atoms with van der Waals surface area (Å²) in [5.41, 5.74) is 0. The van der Waals surface area contributed by atoms with Crippen LogP contribution in [0.5, 0.6) is 0 Å². The van der Waals surface area contributed by atoms with E-state index in [0.717, 1.165) is 13.0 Å². The Morgan fingerprint density at radius 2 is 1.89 bits per heavy atom. The highest BCUT2D eigenvalue weighted by atomic mass is 16.4. The fourth-order valence-corrected chi connectivity index (χ4v) is 3.28. The lowest BCUT2D eigenvalue weighted by atomic mass is 9.92. The zero-order valence-electron chi connectivity index (χ0n) is 11.6. The summed E-state index contributed by atoms with van der Waals surface area (Å²) in [5, 5.41) is 12.9. The molecule has 4 nitrogen and oxygen atoms in total. The molecule has 2 rings (SSSR count). The van der Waals surface area contributed by atoms with E-state index in [9.17, 15) is 9.90 Å². The Labute approximate surface area is 110 Å². The number of carboxylic acids is 1. The molecule has 0 aromatic carbocycles. The highest BCUT2D eigenvalue weighted by Gasteiger charge is 2.33. The maximum Gasteiger partial charge on any atom is 0.307 e. The average molecular weight is 254 g/mol. The first-order valence-electron chi connectivity index (χ1n) is 7.29. The molecule has 1 heterocycles. The minimum atomic E-state index is -0.640. The number of nitrogens with one attached hydrogen (secondary N) is 1. The molecule has 0 amide bonds. The van der Waals surface area contributed by atoms with E-state index in [1.807, 2.05) is 0 Å². The van der Waals surface area contributed by atoms with Gasteiger partial charge in [-0.1, -0.05) is 12.8 Å². The molecule has 0 bridgehead atoms. The summed E-state index contributed by atoms with van der Waals surface area (Å²) >= 11 is 0. The van der Waals surface area contributed by atoms with Gasteiger partial charge in [-0.2, -0.15) is 0 Å². The highest BCUT2D eigenvalue weighted by Crippen LogP contribution is 2.23. The first-order chi connectivity index (χ1) is 8.56. The Hall–Kier alpha value is -0.610. The molecular weight excluding hydrogens is 228 g/mol. The lowest BCUT2D eigenvalue weighted by molar-refractivity contribution is -0.144. The fraction of sp³-hybridized carbons (Fsp3) is 0.929. The predicted molar refractivity (Wildman–Crippen MR) is 71.6 cm³/mol. The molecule has 2 fully saturated rings. The van der Waals surface area contributed by atoms with Crippen LogP contribution >= 0.6 is 0 Å². The average Bonchev–Trinajstić information content (AvgIpc) is 2.81. The number of nitrogens with zero attached hydrogens (tertiary/aromatic N) is 1. The summed E-state index contributed by atoms with van der Waals surface area (Å²) in [6, 6.07) is 1.40. The molecule has 1 aliphatic carbocycles. The van der Waals surface area contributed by atoms with Gasteiger partial charge in [0.05, 0.1) is 5.92 Å². The quantitative estimate of drug-likeness (QED) is 0.802. The first-order valence-corrected chi connectivity index (χ1v) is 7.29. The van der Waals surface area contributed by atoms with Gasteiger partial charge < -0.3 is 10.4 Å². The smallest absolute Gasteiger partial charge is 0.307 e. The lowest BCUT2D eigenvalue weighted by Crippen LogP contribution is -2.54. The lowest BCUT2D eigenvalue weighted by Gasteiger charge is -2.39. The number of hydrogen-bond donors (Lipinski definition) is 2. The van der Waals surface area contributed by atoms with Gasteiger partial charge in [-0.05, 0) is 33.1 Å².